The van der Waals surface area contributed by atoms with Crippen LogP contribution < -0.4 is 0 Å². The lowest BCUT2D eigenvalue weighted by Crippen LogP contribution is -2.10. The van der Waals surface area contributed by atoms with Crippen molar-refractivity contribution in [2.45, 2.75) is 19.3 Å². The molecule has 0 fully saturated rings. The lowest BCUT2D eigenvalue weighted by Gasteiger charge is -1.95. The second-order valence-corrected chi connectivity index (χ2v) is 2.20. The van der Waals surface area contributed by atoms with Gasteiger partial charge >= 0.3 is 11.1 Å². The summed E-state index contributed by atoms with van der Waals surface area (Å²) < 4.78 is 0. The molecule has 0 heterocycles. The van der Waals surface area contributed by atoms with Gasteiger partial charge in [-0.3, -0.25) is 14.9 Å². The van der Waals surface area contributed by atoms with E-state index in [0.29, 0.717) is 0 Å². The SMILES string of the molecule is O=C(CCCC[N+](=O)[O-])O[N+](=O)[O-]. The minimum Gasteiger partial charge on any atom is -0.268 e. The molecule has 0 saturated heterocycles. The average Bonchev–Trinajstić information content (AvgIpc) is 1.96. The summed E-state index contributed by atoms with van der Waals surface area (Å²) in [5.74, 6) is -0.978. The van der Waals surface area contributed by atoms with Crippen LogP contribution in [0.2, 0.25) is 0 Å². The van der Waals surface area contributed by atoms with Crippen molar-refractivity contribution in [2.75, 3.05) is 6.54 Å². The van der Waals surface area contributed by atoms with Crippen LogP contribution in [0.1, 0.15) is 19.3 Å². The molecule has 0 rings (SSSR count). The molecule has 8 heteroatoms. The zero-order valence-corrected chi connectivity index (χ0v) is 6.67. The van der Waals surface area contributed by atoms with Crippen molar-refractivity contribution in [3.05, 3.63) is 20.2 Å². The molecule has 0 bridgehead atoms. The molecule has 0 N–H and O–H groups in total. The number of nitro groups is 1. The quantitative estimate of drug-likeness (QED) is 0.336. The van der Waals surface area contributed by atoms with E-state index >= 15 is 0 Å². The number of carbonyl (C=O) groups excluding carboxylic acids is 1. The topological polar surface area (TPSA) is 113 Å². The third-order valence-electron chi connectivity index (χ3n) is 1.15. The van der Waals surface area contributed by atoms with E-state index in [2.05, 4.69) is 4.84 Å². The van der Waals surface area contributed by atoms with E-state index in [-0.39, 0.29) is 25.8 Å². The van der Waals surface area contributed by atoms with Crippen molar-refractivity contribution in [1.29, 1.82) is 0 Å². The Morgan fingerprint density at radius 2 is 1.85 bits per heavy atom. The smallest absolute Gasteiger partial charge is 0.268 e. The average molecular weight is 192 g/mol. The minimum atomic E-state index is -1.20. The monoisotopic (exact) mass is 192 g/mol. The molecule has 0 aromatic carbocycles. The van der Waals surface area contributed by atoms with Crippen LogP contribution in [0.4, 0.5) is 0 Å². The fourth-order valence-electron chi connectivity index (χ4n) is 0.639. The number of rotatable bonds is 6. The third-order valence-corrected chi connectivity index (χ3v) is 1.15. The van der Waals surface area contributed by atoms with E-state index in [1.54, 1.807) is 0 Å². The molecular weight excluding hydrogens is 184 g/mol. The summed E-state index contributed by atoms with van der Waals surface area (Å²) in [6.07, 6.45) is 0.252. The molecule has 0 unspecified atom stereocenters. The van der Waals surface area contributed by atoms with Gasteiger partial charge in [-0.05, 0) is 6.42 Å². The normalized spacial score (nSPS) is 9.23. The Labute approximate surface area is 72.7 Å². The molecule has 0 spiro atoms. The number of hydrogen-bond acceptors (Lipinski definition) is 6. The standard InChI is InChI=1S/C5H8N2O6/c8-5(13-7(11)12)3-1-2-4-6(9)10/h1-4H2. The molecule has 0 aromatic rings. The molecule has 0 saturated carbocycles. The lowest BCUT2D eigenvalue weighted by molar-refractivity contribution is -0.729. The van der Waals surface area contributed by atoms with Crippen molar-refractivity contribution in [1.82, 2.24) is 0 Å². The predicted molar refractivity (Wildman–Crippen MR) is 38.8 cm³/mol. The summed E-state index contributed by atoms with van der Waals surface area (Å²) in [5, 5.41) is 18.2. The van der Waals surface area contributed by atoms with Gasteiger partial charge in [0, 0.05) is 17.8 Å². The number of nitrogens with zero attached hydrogens (tertiary/aromatic N) is 2. The van der Waals surface area contributed by atoms with Crippen LogP contribution in [0.5, 0.6) is 0 Å². The van der Waals surface area contributed by atoms with Crippen LogP contribution >= 0.6 is 0 Å². The fourth-order valence-corrected chi connectivity index (χ4v) is 0.639. The van der Waals surface area contributed by atoms with Crippen LogP contribution in [-0.4, -0.2) is 22.5 Å². The van der Waals surface area contributed by atoms with Gasteiger partial charge in [-0.15, -0.1) is 10.1 Å². The Balaban J connectivity index is 3.37. The Kier molecular flexibility index (Phi) is 5.08. The van der Waals surface area contributed by atoms with Gasteiger partial charge in [-0.2, -0.15) is 0 Å². The Bertz CT molecular complexity index is 215. The van der Waals surface area contributed by atoms with Crippen molar-refractivity contribution in [3.63, 3.8) is 0 Å². The number of hydrogen-bond donors (Lipinski definition) is 0. The summed E-state index contributed by atoms with van der Waals surface area (Å²) >= 11 is 0. The van der Waals surface area contributed by atoms with E-state index in [0.717, 1.165) is 0 Å². The van der Waals surface area contributed by atoms with Gasteiger partial charge < -0.3 is 0 Å². The lowest BCUT2D eigenvalue weighted by atomic mass is 10.2. The molecule has 0 amide bonds. The Morgan fingerprint density at radius 3 is 2.31 bits per heavy atom. The number of unbranched alkanes of at least 4 members (excludes halogenated alkanes) is 1. The maximum Gasteiger partial charge on any atom is 0.303 e. The van der Waals surface area contributed by atoms with Crippen molar-refractivity contribution < 1.29 is 19.6 Å². The third kappa shape index (κ3) is 8.17. The molecule has 13 heavy (non-hydrogen) atoms. The molecule has 0 aliphatic heterocycles. The molecule has 8 nitrogen and oxygen atoms in total. The van der Waals surface area contributed by atoms with Crippen molar-refractivity contribution in [3.8, 4) is 0 Å². The van der Waals surface area contributed by atoms with Crippen molar-refractivity contribution in [2.24, 2.45) is 0 Å². The summed E-state index contributed by atoms with van der Waals surface area (Å²) in [6.45, 7) is -0.244. The fraction of sp³-hybridized carbons (Fsp3) is 0.800. The maximum atomic E-state index is 10.5. The highest BCUT2D eigenvalue weighted by molar-refractivity contribution is 5.68. The number of carbonyl (C=O) groups is 1. The van der Waals surface area contributed by atoms with Gasteiger partial charge in [0.05, 0.1) is 0 Å². The van der Waals surface area contributed by atoms with E-state index in [4.69, 9.17) is 0 Å². The molecule has 0 atom stereocenters. The first-order chi connectivity index (χ1) is 6.02. The summed E-state index contributed by atoms with van der Waals surface area (Å²) in [7, 11) is 0. The molecule has 0 aliphatic carbocycles. The van der Waals surface area contributed by atoms with E-state index in [1.807, 2.05) is 0 Å². The van der Waals surface area contributed by atoms with Crippen LogP contribution in [0, 0.1) is 20.2 Å². The minimum absolute atomic E-state index is 0.172. The van der Waals surface area contributed by atoms with Crippen molar-refractivity contribution >= 4 is 5.97 Å². The van der Waals surface area contributed by atoms with Crippen LogP contribution in [-0.2, 0) is 9.63 Å². The highest BCUT2D eigenvalue weighted by Crippen LogP contribution is 1.97. The van der Waals surface area contributed by atoms with Gasteiger partial charge in [0.2, 0.25) is 6.54 Å². The first-order valence-electron chi connectivity index (χ1n) is 3.49. The maximum absolute atomic E-state index is 10.5. The molecule has 0 aromatic heterocycles. The largest absolute Gasteiger partial charge is 0.303 e. The van der Waals surface area contributed by atoms with E-state index in [9.17, 15) is 25.0 Å². The van der Waals surface area contributed by atoms with E-state index in [1.165, 1.54) is 0 Å². The van der Waals surface area contributed by atoms with Crippen LogP contribution in [0.15, 0.2) is 0 Å². The molecular formula is C5H8N2O6. The zero-order chi connectivity index (χ0) is 10.3. The Hall–Kier alpha value is -1.73. The Morgan fingerprint density at radius 1 is 1.23 bits per heavy atom. The zero-order valence-electron chi connectivity index (χ0n) is 6.67. The predicted octanol–water partition coefficient (Wildman–Crippen LogP) is 0.168. The highest BCUT2D eigenvalue weighted by Gasteiger charge is 2.07. The molecule has 74 valence electrons. The first kappa shape index (κ1) is 11.3. The molecule has 0 radical (unpaired) electrons. The highest BCUT2D eigenvalue weighted by atomic mass is 17.0. The van der Waals surface area contributed by atoms with Crippen LogP contribution in [0.25, 0.3) is 0 Å². The van der Waals surface area contributed by atoms with E-state index < -0.39 is 16.0 Å². The summed E-state index contributed by atoms with van der Waals surface area (Å²) in [6, 6.07) is 0. The van der Waals surface area contributed by atoms with Gasteiger partial charge in [0.25, 0.3) is 0 Å². The second-order valence-electron chi connectivity index (χ2n) is 2.20. The summed E-state index contributed by atoms with van der Waals surface area (Å²) in [5.41, 5.74) is 0. The second kappa shape index (κ2) is 5.86. The van der Waals surface area contributed by atoms with Gasteiger partial charge in [0.1, 0.15) is 0 Å². The van der Waals surface area contributed by atoms with Gasteiger partial charge in [0.15, 0.2) is 0 Å². The molecule has 0 aliphatic rings. The first-order valence-corrected chi connectivity index (χ1v) is 3.49. The summed E-state index contributed by atoms with van der Waals surface area (Å²) in [4.78, 5) is 32.9. The van der Waals surface area contributed by atoms with Crippen LogP contribution in [0.3, 0.4) is 0 Å². The van der Waals surface area contributed by atoms with Gasteiger partial charge in [-0.1, -0.05) is 0 Å². The van der Waals surface area contributed by atoms with Gasteiger partial charge in [-0.25, -0.2) is 4.84 Å².